The zero-order valence-electron chi connectivity index (χ0n) is 9.48. The van der Waals surface area contributed by atoms with Crippen molar-refractivity contribution >= 4 is 50.8 Å². The molecule has 1 aromatic heterocycles. The molecule has 1 rings (SSSR count). The van der Waals surface area contributed by atoms with Crippen molar-refractivity contribution in [2.75, 3.05) is 13.2 Å². The van der Waals surface area contributed by atoms with E-state index in [-0.39, 0.29) is 0 Å². The van der Waals surface area contributed by atoms with Gasteiger partial charge in [0.1, 0.15) is 5.78 Å². The normalized spacial score (nSPS) is 13.9. The molecule has 0 saturated carbocycles. The number of hydrogen-bond acceptors (Lipinski definition) is 5. The van der Waals surface area contributed by atoms with Gasteiger partial charge in [0.25, 0.3) is 0 Å². The number of hydrogen-bond donors (Lipinski definition) is 1. The van der Waals surface area contributed by atoms with Gasteiger partial charge in [0, 0.05) is 9.35 Å². The van der Waals surface area contributed by atoms with Crippen LogP contribution >= 0.6 is 50.8 Å². The van der Waals surface area contributed by atoms with Crippen molar-refractivity contribution in [3.63, 3.8) is 0 Å². The van der Waals surface area contributed by atoms with E-state index in [2.05, 4.69) is 31.9 Å². The summed E-state index contributed by atoms with van der Waals surface area (Å²) in [5.74, 6) is -0.755. The summed E-state index contributed by atoms with van der Waals surface area (Å²) in [5.41, 5.74) is 5.98. The fraction of sp³-hybridized carbons (Fsp3) is 0.556. The molecule has 17 heavy (non-hydrogen) atoms. The minimum atomic E-state index is -3.29. The lowest BCUT2D eigenvalue weighted by molar-refractivity contribution is 0.212. The summed E-state index contributed by atoms with van der Waals surface area (Å²) in [6, 6.07) is 1.82. The lowest BCUT2D eigenvalue weighted by Gasteiger charge is -2.22. The molecule has 2 N–H and O–H groups in total. The molecule has 1 heterocycles. The van der Waals surface area contributed by atoms with E-state index in [1.807, 2.05) is 6.07 Å². The van der Waals surface area contributed by atoms with Gasteiger partial charge in [-0.15, -0.1) is 11.3 Å². The van der Waals surface area contributed by atoms with Gasteiger partial charge in [0.15, 0.2) is 0 Å². The molecule has 4 nitrogen and oxygen atoms in total. The minimum Gasteiger partial charge on any atom is -0.313 e. The quantitative estimate of drug-likeness (QED) is 0.706. The Hall–Kier alpha value is 0.770. The highest BCUT2D eigenvalue weighted by Crippen LogP contribution is 2.59. The first-order chi connectivity index (χ1) is 7.94. The van der Waals surface area contributed by atoms with Gasteiger partial charge in [0.05, 0.1) is 17.0 Å². The van der Waals surface area contributed by atoms with Crippen LogP contribution in [0, 0.1) is 0 Å². The van der Waals surface area contributed by atoms with Crippen molar-refractivity contribution in [2.24, 2.45) is 5.73 Å². The highest BCUT2D eigenvalue weighted by atomic mass is 79.9. The topological polar surface area (TPSA) is 61.5 Å². The lowest BCUT2D eigenvalue weighted by atomic mass is 10.5. The van der Waals surface area contributed by atoms with Gasteiger partial charge >= 0.3 is 7.60 Å². The molecule has 0 amide bonds. The van der Waals surface area contributed by atoms with Crippen molar-refractivity contribution in [3.05, 3.63) is 19.2 Å². The Balaban J connectivity index is 2.99. The Bertz CT molecular complexity index is 397. The number of halogens is 2. The summed E-state index contributed by atoms with van der Waals surface area (Å²) in [7, 11) is -3.29. The lowest BCUT2D eigenvalue weighted by Crippen LogP contribution is -2.13. The Morgan fingerprint density at radius 1 is 1.41 bits per heavy atom. The molecule has 0 fully saturated rings. The Morgan fingerprint density at radius 3 is 2.29 bits per heavy atom. The maximum Gasteiger partial charge on any atom is 0.352 e. The molecule has 0 aliphatic heterocycles. The molecule has 98 valence electrons. The molecule has 1 atom stereocenters. The summed E-state index contributed by atoms with van der Waals surface area (Å²) >= 11 is 8.15. The molecular weight excluding hydrogens is 393 g/mol. The molecule has 0 saturated heterocycles. The van der Waals surface area contributed by atoms with Gasteiger partial charge in [-0.2, -0.15) is 0 Å². The molecule has 1 aromatic rings. The second-order valence-corrected chi connectivity index (χ2v) is 8.50. The largest absolute Gasteiger partial charge is 0.352 e. The van der Waals surface area contributed by atoms with Crippen LogP contribution in [0.1, 0.15) is 24.5 Å². The zero-order valence-corrected chi connectivity index (χ0v) is 14.4. The van der Waals surface area contributed by atoms with Gasteiger partial charge in [-0.3, -0.25) is 4.57 Å². The van der Waals surface area contributed by atoms with E-state index in [0.29, 0.717) is 13.2 Å². The molecule has 0 aromatic carbocycles. The van der Waals surface area contributed by atoms with E-state index < -0.39 is 13.4 Å². The summed E-state index contributed by atoms with van der Waals surface area (Å²) in [6.07, 6.45) is 0. The first kappa shape index (κ1) is 15.8. The summed E-state index contributed by atoms with van der Waals surface area (Å²) in [6.45, 7) is 4.13. The van der Waals surface area contributed by atoms with Crippen LogP contribution in [-0.2, 0) is 13.6 Å². The Kier molecular flexibility index (Phi) is 6.33. The molecule has 0 bridgehead atoms. The Morgan fingerprint density at radius 2 is 1.94 bits per heavy atom. The maximum atomic E-state index is 12.4. The molecule has 0 aliphatic carbocycles. The van der Waals surface area contributed by atoms with Crippen molar-refractivity contribution in [1.29, 1.82) is 0 Å². The third kappa shape index (κ3) is 3.86. The molecule has 8 heteroatoms. The monoisotopic (exact) mass is 405 g/mol. The summed E-state index contributed by atoms with van der Waals surface area (Å²) in [4.78, 5) is 0.758. The zero-order chi connectivity index (χ0) is 13.1. The van der Waals surface area contributed by atoms with E-state index in [1.165, 1.54) is 11.3 Å². The van der Waals surface area contributed by atoms with Crippen LogP contribution in [0.3, 0.4) is 0 Å². The van der Waals surface area contributed by atoms with Crippen molar-refractivity contribution in [2.45, 2.75) is 19.6 Å². The highest BCUT2D eigenvalue weighted by molar-refractivity contribution is 9.13. The molecule has 0 spiro atoms. The fourth-order valence-electron chi connectivity index (χ4n) is 1.22. The summed E-state index contributed by atoms with van der Waals surface area (Å²) in [5, 5.41) is 0. The van der Waals surface area contributed by atoms with E-state index in [9.17, 15) is 4.57 Å². The van der Waals surface area contributed by atoms with Crippen LogP contribution in [0.5, 0.6) is 0 Å². The second kappa shape index (κ2) is 6.80. The SMILES string of the molecule is CCOP(=O)(OCC)[C@H](N)c1cc(Br)c(Br)s1. The van der Waals surface area contributed by atoms with Crippen molar-refractivity contribution < 1.29 is 13.6 Å². The highest BCUT2D eigenvalue weighted by Gasteiger charge is 2.35. The van der Waals surface area contributed by atoms with Gasteiger partial charge in [-0.05, 0) is 51.8 Å². The van der Waals surface area contributed by atoms with E-state index in [4.69, 9.17) is 14.8 Å². The van der Waals surface area contributed by atoms with Crippen LogP contribution in [0.2, 0.25) is 0 Å². The summed E-state index contributed by atoms with van der Waals surface area (Å²) < 4.78 is 24.7. The minimum absolute atomic E-state index is 0.304. The smallest absolute Gasteiger partial charge is 0.313 e. The first-order valence-electron chi connectivity index (χ1n) is 5.03. The van der Waals surface area contributed by atoms with Gasteiger partial charge < -0.3 is 14.8 Å². The molecule has 0 unspecified atom stereocenters. The molecule has 0 radical (unpaired) electrons. The predicted octanol–water partition coefficient (Wildman–Crippen LogP) is 4.50. The third-order valence-electron chi connectivity index (χ3n) is 1.91. The third-order valence-corrected chi connectivity index (χ3v) is 7.62. The molecular formula is C9H14Br2NO3PS. The fourth-order valence-corrected chi connectivity index (χ4v) is 5.25. The average Bonchev–Trinajstić information content (AvgIpc) is 2.59. The van der Waals surface area contributed by atoms with Crippen LogP contribution in [0.15, 0.2) is 14.3 Å². The van der Waals surface area contributed by atoms with E-state index >= 15 is 0 Å². The van der Waals surface area contributed by atoms with Crippen LogP contribution < -0.4 is 5.73 Å². The standard InChI is InChI=1S/C9H14Br2NO3PS/c1-3-14-16(13,15-4-2)9(12)7-5-6(10)8(11)17-7/h5,9H,3-4,12H2,1-2H3/t9-/m0/s1. The van der Waals surface area contributed by atoms with Gasteiger partial charge in [-0.25, -0.2) is 0 Å². The van der Waals surface area contributed by atoms with Crippen LogP contribution in [0.4, 0.5) is 0 Å². The van der Waals surface area contributed by atoms with Gasteiger partial charge in [-0.1, -0.05) is 0 Å². The van der Waals surface area contributed by atoms with E-state index in [0.717, 1.165) is 13.1 Å². The maximum absolute atomic E-state index is 12.4. The van der Waals surface area contributed by atoms with Crippen LogP contribution in [-0.4, -0.2) is 13.2 Å². The number of thiophene rings is 1. The van der Waals surface area contributed by atoms with Crippen molar-refractivity contribution in [3.8, 4) is 0 Å². The number of rotatable bonds is 6. The number of nitrogens with two attached hydrogens (primary N) is 1. The first-order valence-corrected chi connectivity index (χ1v) is 9.05. The van der Waals surface area contributed by atoms with Crippen molar-refractivity contribution in [1.82, 2.24) is 0 Å². The Labute approximate surface area is 122 Å². The molecule has 0 aliphatic rings. The van der Waals surface area contributed by atoms with E-state index in [1.54, 1.807) is 13.8 Å². The van der Waals surface area contributed by atoms with Crippen LogP contribution in [0.25, 0.3) is 0 Å². The van der Waals surface area contributed by atoms with Gasteiger partial charge in [0.2, 0.25) is 0 Å². The predicted molar refractivity (Wildman–Crippen MR) is 77.5 cm³/mol. The average molecular weight is 407 g/mol. The second-order valence-electron chi connectivity index (χ2n) is 3.09.